The van der Waals surface area contributed by atoms with E-state index in [2.05, 4.69) is 154 Å². The third kappa shape index (κ3) is 7.60. The predicted octanol–water partition coefficient (Wildman–Crippen LogP) is 10.7. The van der Waals surface area contributed by atoms with E-state index in [-0.39, 0.29) is 10.8 Å². The summed E-state index contributed by atoms with van der Waals surface area (Å²) in [6.07, 6.45) is 0. The largest absolute Gasteiger partial charge is 0.176 e. The van der Waals surface area contributed by atoms with Gasteiger partial charge in [0.05, 0.1) is 0 Å². The third-order valence-corrected chi connectivity index (χ3v) is 6.87. The quantitative estimate of drug-likeness (QED) is 0.123. The van der Waals surface area contributed by atoms with Gasteiger partial charge in [-0.15, -0.1) is 51.4 Å². The minimum atomic E-state index is 0.203. The normalized spacial score (nSPS) is 11.6. The molecular weight excluding hydrogens is 623 g/mol. The van der Waals surface area contributed by atoms with Crippen molar-refractivity contribution in [2.24, 2.45) is 0 Å². The number of aryl methyl sites for hydroxylation is 2. The molecule has 5 aromatic carbocycles. The molecule has 196 valence electrons. The van der Waals surface area contributed by atoms with Gasteiger partial charge in [-0.25, -0.2) is 0 Å². The van der Waals surface area contributed by atoms with E-state index in [1.54, 1.807) is 3.26 Å². The van der Waals surface area contributed by atoms with E-state index >= 15 is 0 Å². The minimum absolute atomic E-state index is 0.203. The van der Waals surface area contributed by atoms with Crippen LogP contribution in [-0.2, 0) is 34.7 Å². The van der Waals surface area contributed by atoms with Crippen molar-refractivity contribution in [3.05, 3.63) is 107 Å². The van der Waals surface area contributed by atoms with Crippen LogP contribution in [0.5, 0.6) is 0 Å². The zero-order valence-corrected chi connectivity index (χ0v) is 28.7. The summed E-state index contributed by atoms with van der Waals surface area (Å²) in [6.45, 7) is 22.2. The second-order valence-electron chi connectivity index (χ2n) is 12.7. The second kappa shape index (κ2) is 12.2. The molecular formula is C37H44Hf. The first-order valence-corrected chi connectivity index (χ1v) is 15.4. The van der Waals surface area contributed by atoms with Gasteiger partial charge in [-0.3, -0.25) is 0 Å². The van der Waals surface area contributed by atoms with Crippen molar-refractivity contribution in [3.8, 4) is 11.1 Å². The Bertz CT molecular complexity index is 1420. The molecule has 0 fully saturated rings. The van der Waals surface area contributed by atoms with Crippen molar-refractivity contribution in [3.63, 3.8) is 0 Å². The summed E-state index contributed by atoms with van der Waals surface area (Å²) >= 11 is 1.27. The van der Waals surface area contributed by atoms with Crippen molar-refractivity contribution in [1.82, 2.24) is 0 Å². The zero-order chi connectivity index (χ0) is 28.3. The molecule has 0 amide bonds. The molecule has 0 N–H and O–H groups in total. The molecule has 1 heteroatoms. The Morgan fingerprint density at radius 2 is 1.11 bits per heavy atom. The van der Waals surface area contributed by atoms with Crippen molar-refractivity contribution in [2.45, 2.75) is 80.1 Å². The van der Waals surface area contributed by atoms with Gasteiger partial charge < -0.3 is 0 Å². The Balaban J connectivity index is 0.000000200. The van der Waals surface area contributed by atoms with E-state index in [0.717, 1.165) is 0 Å². The summed E-state index contributed by atoms with van der Waals surface area (Å²) in [4.78, 5) is 0. The molecule has 0 spiro atoms. The molecule has 5 rings (SSSR count). The molecule has 0 aromatic heterocycles. The molecule has 0 aliphatic carbocycles. The molecule has 38 heavy (non-hydrogen) atoms. The van der Waals surface area contributed by atoms with Crippen LogP contribution in [0.25, 0.3) is 32.7 Å². The number of hydrogen-bond donors (Lipinski definition) is 0. The van der Waals surface area contributed by atoms with Crippen LogP contribution in [0.1, 0.15) is 77.6 Å². The van der Waals surface area contributed by atoms with Crippen molar-refractivity contribution < 1.29 is 23.9 Å². The van der Waals surface area contributed by atoms with E-state index in [4.69, 9.17) is 0 Å². The fraction of sp³-hybridized carbons (Fsp3) is 0.324. The topological polar surface area (TPSA) is 0 Å². The molecule has 0 bridgehead atoms. The average Bonchev–Trinajstić information content (AvgIpc) is 3.45. The first kappa shape index (κ1) is 30.2. The van der Waals surface area contributed by atoms with Crippen LogP contribution < -0.4 is 0 Å². The molecule has 5 aromatic rings. The summed E-state index contributed by atoms with van der Waals surface area (Å²) < 4.78 is 1.56. The van der Waals surface area contributed by atoms with Gasteiger partial charge in [0.2, 0.25) is 0 Å². The van der Waals surface area contributed by atoms with Crippen molar-refractivity contribution >= 4 is 24.8 Å². The molecule has 0 radical (unpaired) electrons. The van der Waals surface area contributed by atoms with Gasteiger partial charge in [0.15, 0.2) is 0 Å². The maximum atomic E-state index is 2.35. The minimum Gasteiger partial charge on any atom is -0.176 e. The Morgan fingerprint density at radius 3 is 1.47 bits per heavy atom. The molecule has 0 saturated heterocycles. The third-order valence-electron chi connectivity index (χ3n) is 6.87. The fourth-order valence-corrected chi connectivity index (χ4v) is 4.77. The first-order chi connectivity index (χ1) is 17.7. The van der Waals surface area contributed by atoms with E-state index in [0.29, 0.717) is 0 Å². The van der Waals surface area contributed by atoms with Gasteiger partial charge in [-0.2, -0.15) is 18.2 Å². The Morgan fingerprint density at radius 1 is 0.658 bits per heavy atom. The van der Waals surface area contributed by atoms with E-state index in [9.17, 15) is 0 Å². The SMILES string of the molecule is CC(C)(C)c1ccc2c(c1)[cH-]c1cc(C(C)(C)C)ccc12.C[C](C)=[Hf+2].Cc1cccc(C)c1-c1ccc[cH-]1. The van der Waals surface area contributed by atoms with Gasteiger partial charge in [-0.1, -0.05) is 112 Å². The maximum absolute atomic E-state index is 2.35. The fourth-order valence-electron chi connectivity index (χ4n) is 4.77. The van der Waals surface area contributed by atoms with Gasteiger partial charge >= 0.3 is 41.0 Å². The van der Waals surface area contributed by atoms with E-state index in [1.807, 2.05) is 0 Å². The molecule has 0 aliphatic heterocycles. The van der Waals surface area contributed by atoms with Crippen molar-refractivity contribution in [2.75, 3.05) is 0 Å². The predicted molar refractivity (Wildman–Crippen MR) is 168 cm³/mol. The Labute approximate surface area is 245 Å². The number of fused-ring (bicyclic) bond motifs is 3. The average molecular weight is 667 g/mol. The maximum Gasteiger partial charge on any atom is -0.0480 e. The summed E-state index contributed by atoms with van der Waals surface area (Å²) in [5.41, 5.74) is 8.63. The molecule has 0 aliphatic rings. The molecule has 0 heterocycles. The van der Waals surface area contributed by atoms with Gasteiger partial charge in [0.25, 0.3) is 0 Å². The smallest absolute Gasteiger partial charge is 0.0480 e. The Kier molecular flexibility index (Phi) is 9.69. The van der Waals surface area contributed by atoms with Crippen LogP contribution in [0.3, 0.4) is 0 Å². The van der Waals surface area contributed by atoms with Crippen LogP contribution in [0.15, 0.2) is 84.9 Å². The van der Waals surface area contributed by atoms with Crippen LogP contribution in [0.2, 0.25) is 0 Å². The zero-order valence-electron chi connectivity index (χ0n) is 25.1. The summed E-state index contributed by atoms with van der Waals surface area (Å²) in [6, 6.07) is 31.1. The van der Waals surface area contributed by atoms with Crippen LogP contribution >= 0.6 is 0 Å². The van der Waals surface area contributed by atoms with Crippen molar-refractivity contribution in [1.29, 1.82) is 0 Å². The van der Waals surface area contributed by atoms with Crippen LogP contribution in [0, 0.1) is 13.8 Å². The first-order valence-electron chi connectivity index (χ1n) is 13.6. The molecule has 0 nitrogen and oxygen atoms in total. The van der Waals surface area contributed by atoms with Gasteiger partial charge in [0.1, 0.15) is 0 Å². The summed E-state index contributed by atoms with van der Waals surface area (Å²) in [5.74, 6) is 0. The van der Waals surface area contributed by atoms with Crippen LogP contribution in [0.4, 0.5) is 0 Å². The van der Waals surface area contributed by atoms with Crippen LogP contribution in [-0.4, -0.2) is 3.26 Å². The monoisotopic (exact) mass is 668 g/mol. The Hall–Kier alpha value is -2.38. The number of hydrogen-bond acceptors (Lipinski definition) is 0. The van der Waals surface area contributed by atoms with Gasteiger partial charge in [-0.05, 0) is 24.7 Å². The summed E-state index contributed by atoms with van der Waals surface area (Å²) in [5, 5.41) is 5.48. The molecule has 0 atom stereocenters. The van der Waals surface area contributed by atoms with E-state index in [1.165, 1.54) is 78.8 Å². The summed E-state index contributed by atoms with van der Waals surface area (Å²) in [7, 11) is 0. The van der Waals surface area contributed by atoms with Gasteiger partial charge in [0, 0.05) is 0 Å². The second-order valence-corrected chi connectivity index (χ2v) is 16.3. The molecule has 0 saturated carbocycles. The molecule has 0 unspecified atom stereocenters. The van der Waals surface area contributed by atoms with E-state index < -0.39 is 0 Å². The number of benzene rings is 3. The number of rotatable bonds is 1. The standard InChI is InChI=1S/C21H25.C13H13.C3H6.Hf/c1-20(2,3)16-7-9-18-14(12-16)11-15-13-17(21(4,5)6)8-10-19(15)18;1-10-6-5-7-11(2)13(10)12-8-3-4-9-12;1-3-2;/h7-13H,1-6H3;3-9H,1-2H3;1-2H3;/q2*-1;;+2.